The molecule has 1 aliphatic rings. The van der Waals surface area contributed by atoms with E-state index in [0.717, 1.165) is 43.1 Å². The second kappa shape index (κ2) is 8.92. The molecule has 0 atom stereocenters. The van der Waals surface area contributed by atoms with E-state index in [2.05, 4.69) is 38.2 Å². The molecular weight excluding hydrogens is 378 g/mol. The number of hydrogen-bond acceptors (Lipinski definition) is 6. The molecule has 4 rings (SSSR count). The van der Waals surface area contributed by atoms with E-state index >= 15 is 0 Å². The first kappa shape index (κ1) is 19.8. The lowest BCUT2D eigenvalue weighted by molar-refractivity contribution is 0.102. The summed E-state index contributed by atoms with van der Waals surface area (Å²) in [5.74, 6) is 1.98. The number of carbonyl (C=O) groups is 1. The average molecular weight is 403 g/mol. The normalized spacial score (nSPS) is 14.4. The summed E-state index contributed by atoms with van der Waals surface area (Å²) in [4.78, 5) is 26.0. The number of benzene rings is 1. The fraction of sp³-hybridized carbons (Fsp3) is 0.261. The van der Waals surface area contributed by atoms with Gasteiger partial charge in [0.1, 0.15) is 17.4 Å². The highest BCUT2D eigenvalue weighted by molar-refractivity contribution is 6.04. The van der Waals surface area contributed by atoms with E-state index in [9.17, 15) is 4.79 Å². The van der Waals surface area contributed by atoms with E-state index in [1.807, 2.05) is 24.4 Å². The van der Waals surface area contributed by atoms with Crippen LogP contribution in [0.25, 0.3) is 11.1 Å². The molecule has 0 spiro atoms. The molecule has 1 aliphatic heterocycles. The number of ether oxygens (including phenoxy) is 1. The third-order valence-corrected chi connectivity index (χ3v) is 5.26. The van der Waals surface area contributed by atoms with Crippen molar-refractivity contribution in [1.82, 2.24) is 14.9 Å². The summed E-state index contributed by atoms with van der Waals surface area (Å²) in [7, 11) is 3.73. The summed E-state index contributed by atoms with van der Waals surface area (Å²) < 4.78 is 5.14. The second-order valence-corrected chi connectivity index (χ2v) is 7.31. The number of likely N-dealkylation sites (N-methyl/N-ethyl adjacent to an activating group) is 1. The molecule has 3 heterocycles. The molecule has 1 amide bonds. The first-order valence-corrected chi connectivity index (χ1v) is 9.94. The molecule has 2 aromatic heterocycles. The predicted molar refractivity (Wildman–Crippen MR) is 118 cm³/mol. The Morgan fingerprint density at radius 2 is 1.60 bits per heavy atom. The smallest absolute Gasteiger partial charge is 0.256 e. The molecule has 0 radical (unpaired) electrons. The van der Waals surface area contributed by atoms with E-state index in [1.165, 1.54) is 0 Å². The zero-order chi connectivity index (χ0) is 20.9. The number of anilines is 2. The Labute approximate surface area is 176 Å². The maximum absolute atomic E-state index is 12.5. The molecule has 1 saturated heterocycles. The number of amides is 1. The third-order valence-electron chi connectivity index (χ3n) is 5.26. The summed E-state index contributed by atoms with van der Waals surface area (Å²) in [6, 6.07) is 14.9. The SMILES string of the molecule is COc1ccc(C(=O)Nc2cc(-c3ccnc(N4CCN(C)CC4)c3)ccn2)cc1. The van der Waals surface area contributed by atoms with E-state index in [-0.39, 0.29) is 5.91 Å². The van der Waals surface area contributed by atoms with Crippen molar-refractivity contribution in [3.05, 3.63) is 66.5 Å². The van der Waals surface area contributed by atoms with Crippen LogP contribution >= 0.6 is 0 Å². The van der Waals surface area contributed by atoms with Crippen LogP contribution in [0.3, 0.4) is 0 Å². The number of methoxy groups -OCH3 is 1. The molecule has 7 heteroatoms. The third kappa shape index (κ3) is 4.58. The van der Waals surface area contributed by atoms with Crippen molar-refractivity contribution < 1.29 is 9.53 Å². The van der Waals surface area contributed by atoms with E-state index < -0.39 is 0 Å². The number of rotatable bonds is 5. The zero-order valence-corrected chi connectivity index (χ0v) is 17.2. The summed E-state index contributed by atoms with van der Waals surface area (Å²) in [6.45, 7) is 3.99. The van der Waals surface area contributed by atoms with Crippen LogP contribution in [0, 0.1) is 0 Å². The number of pyridine rings is 2. The van der Waals surface area contributed by atoms with Gasteiger partial charge in [-0.3, -0.25) is 4.79 Å². The van der Waals surface area contributed by atoms with Gasteiger partial charge >= 0.3 is 0 Å². The van der Waals surface area contributed by atoms with Crippen LogP contribution in [0.2, 0.25) is 0 Å². The number of hydrogen-bond donors (Lipinski definition) is 1. The molecule has 0 unspecified atom stereocenters. The van der Waals surface area contributed by atoms with Gasteiger partial charge in [0.15, 0.2) is 0 Å². The minimum absolute atomic E-state index is 0.213. The summed E-state index contributed by atoms with van der Waals surface area (Å²) in [6.07, 6.45) is 3.54. The number of nitrogens with one attached hydrogen (secondary N) is 1. The van der Waals surface area contributed by atoms with Crippen molar-refractivity contribution >= 4 is 17.5 Å². The Hall–Kier alpha value is -3.45. The van der Waals surface area contributed by atoms with Gasteiger partial charge in [0, 0.05) is 44.1 Å². The first-order valence-electron chi connectivity index (χ1n) is 9.94. The number of nitrogens with zero attached hydrogens (tertiary/aromatic N) is 4. The number of carbonyl (C=O) groups excluding carboxylic acids is 1. The van der Waals surface area contributed by atoms with Crippen LogP contribution in [-0.4, -0.2) is 61.1 Å². The standard InChI is InChI=1S/C23H25N5O2/c1-27-11-13-28(14-12-27)22-16-19(8-10-25-22)18-7-9-24-21(15-18)26-23(29)17-3-5-20(30-2)6-4-17/h3-10,15-16H,11-14H2,1-2H3,(H,24,26,29). The van der Waals surface area contributed by atoms with E-state index in [0.29, 0.717) is 17.1 Å². The van der Waals surface area contributed by atoms with Crippen molar-refractivity contribution in [3.8, 4) is 16.9 Å². The van der Waals surface area contributed by atoms with Gasteiger partial charge < -0.3 is 19.9 Å². The first-order chi connectivity index (χ1) is 14.6. The van der Waals surface area contributed by atoms with Crippen LogP contribution in [-0.2, 0) is 0 Å². The van der Waals surface area contributed by atoms with Gasteiger partial charge in [0.05, 0.1) is 7.11 Å². The van der Waals surface area contributed by atoms with Crippen molar-refractivity contribution in [2.24, 2.45) is 0 Å². The highest BCUT2D eigenvalue weighted by Gasteiger charge is 2.16. The highest BCUT2D eigenvalue weighted by Crippen LogP contribution is 2.25. The lowest BCUT2D eigenvalue weighted by Crippen LogP contribution is -2.44. The van der Waals surface area contributed by atoms with Crippen molar-refractivity contribution in [2.45, 2.75) is 0 Å². The van der Waals surface area contributed by atoms with Crippen molar-refractivity contribution in [2.75, 3.05) is 50.6 Å². The summed E-state index contributed by atoms with van der Waals surface area (Å²) >= 11 is 0. The molecule has 0 saturated carbocycles. The molecule has 1 N–H and O–H groups in total. The highest BCUT2D eigenvalue weighted by atomic mass is 16.5. The number of aromatic nitrogens is 2. The molecule has 154 valence electrons. The molecular formula is C23H25N5O2. The van der Waals surface area contributed by atoms with Crippen LogP contribution in [0.4, 0.5) is 11.6 Å². The number of piperazine rings is 1. The maximum atomic E-state index is 12.5. The van der Waals surface area contributed by atoms with Crippen molar-refractivity contribution in [1.29, 1.82) is 0 Å². The average Bonchev–Trinajstić information content (AvgIpc) is 2.80. The van der Waals surface area contributed by atoms with Crippen LogP contribution in [0.5, 0.6) is 5.75 Å². The molecule has 3 aromatic rings. The minimum atomic E-state index is -0.213. The van der Waals surface area contributed by atoms with Gasteiger partial charge in [-0.05, 0) is 66.7 Å². The molecule has 0 bridgehead atoms. The van der Waals surface area contributed by atoms with Crippen LogP contribution < -0.4 is 15.0 Å². The molecule has 1 fully saturated rings. The van der Waals surface area contributed by atoms with Gasteiger partial charge in [-0.2, -0.15) is 0 Å². The Kier molecular flexibility index (Phi) is 5.90. The second-order valence-electron chi connectivity index (χ2n) is 7.31. The van der Waals surface area contributed by atoms with Crippen molar-refractivity contribution in [3.63, 3.8) is 0 Å². The van der Waals surface area contributed by atoms with Crippen LogP contribution in [0.1, 0.15) is 10.4 Å². The summed E-state index contributed by atoms with van der Waals surface area (Å²) in [5.41, 5.74) is 2.57. The Balaban J connectivity index is 1.50. The fourth-order valence-electron chi connectivity index (χ4n) is 3.42. The summed E-state index contributed by atoms with van der Waals surface area (Å²) in [5, 5.41) is 2.87. The Bertz CT molecular complexity index is 1010. The van der Waals surface area contributed by atoms with Gasteiger partial charge in [0.2, 0.25) is 0 Å². The Morgan fingerprint density at radius 1 is 0.933 bits per heavy atom. The van der Waals surface area contributed by atoms with Gasteiger partial charge in [-0.25, -0.2) is 9.97 Å². The van der Waals surface area contributed by atoms with E-state index in [4.69, 9.17) is 4.74 Å². The monoisotopic (exact) mass is 403 g/mol. The lowest BCUT2D eigenvalue weighted by Gasteiger charge is -2.33. The van der Waals surface area contributed by atoms with Gasteiger partial charge in [-0.1, -0.05) is 0 Å². The Morgan fingerprint density at radius 3 is 2.30 bits per heavy atom. The van der Waals surface area contributed by atoms with E-state index in [1.54, 1.807) is 37.6 Å². The quantitative estimate of drug-likeness (QED) is 0.706. The molecule has 1 aromatic carbocycles. The molecule has 0 aliphatic carbocycles. The molecule has 30 heavy (non-hydrogen) atoms. The topological polar surface area (TPSA) is 70.6 Å². The zero-order valence-electron chi connectivity index (χ0n) is 17.2. The fourth-order valence-corrected chi connectivity index (χ4v) is 3.42. The minimum Gasteiger partial charge on any atom is -0.497 e. The largest absolute Gasteiger partial charge is 0.497 e. The van der Waals surface area contributed by atoms with Gasteiger partial charge in [-0.15, -0.1) is 0 Å². The van der Waals surface area contributed by atoms with Gasteiger partial charge in [0.25, 0.3) is 5.91 Å². The van der Waals surface area contributed by atoms with Crippen LogP contribution in [0.15, 0.2) is 60.9 Å². The molecule has 7 nitrogen and oxygen atoms in total. The lowest BCUT2D eigenvalue weighted by atomic mass is 10.1. The predicted octanol–water partition coefficient (Wildman–Crippen LogP) is 3.16. The maximum Gasteiger partial charge on any atom is 0.256 e.